The Morgan fingerprint density at radius 1 is 1.26 bits per heavy atom. The summed E-state index contributed by atoms with van der Waals surface area (Å²) >= 11 is 0. The van der Waals surface area contributed by atoms with Gasteiger partial charge in [0.25, 0.3) is 0 Å². The maximum Gasteiger partial charge on any atom is 0.229 e. The highest BCUT2D eigenvalue weighted by molar-refractivity contribution is 5.76. The molecule has 0 fully saturated rings. The van der Waals surface area contributed by atoms with Crippen LogP contribution in [-0.4, -0.2) is 57.1 Å². The fraction of sp³-hybridized carbons (Fsp3) is 0.421. The highest BCUT2D eigenvalue weighted by atomic mass is 16.5. The van der Waals surface area contributed by atoms with Crippen LogP contribution in [0.2, 0.25) is 0 Å². The summed E-state index contributed by atoms with van der Waals surface area (Å²) in [6, 6.07) is 4.23. The fourth-order valence-corrected chi connectivity index (χ4v) is 3.43. The molecular formula is C19H24N6O2. The second-order valence-electron chi connectivity index (χ2n) is 6.85. The van der Waals surface area contributed by atoms with Crippen molar-refractivity contribution in [2.45, 2.75) is 25.9 Å². The average Bonchev–Trinajstić information content (AvgIpc) is 3.08. The summed E-state index contributed by atoms with van der Waals surface area (Å²) in [6.07, 6.45) is 5.16. The lowest BCUT2D eigenvalue weighted by atomic mass is 9.99. The lowest BCUT2D eigenvalue weighted by Gasteiger charge is -2.26. The van der Waals surface area contributed by atoms with Crippen molar-refractivity contribution < 1.29 is 9.84 Å². The summed E-state index contributed by atoms with van der Waals surface area (Å²) in [5, 5.41) is 17.6. The van der Waals surface area contributed by atoms with Crippen molar-refractivity contribution in [3.8, 4) is 5.75 Å². The molecule has 0 amide bonds. The van der Waals surface area contributed by atoms with E-state index in [9.17, 15) is 0 Å². The highest BCUT2D eigenvalue weighted by Crippen LogP contribution is 2.33. The van der Waals surface area contributed by atoms with Crippen LogP contribution in [0.15, 0.2) is 24.5 Å². The van der Waals surface area contributed by atoms with Crippen LogP contribution in [0.1, 0.15) is 17.5 Å². The third-order valence-electron chi connectivity index (χ3n) is 4.88. The Kier molecular flexibility index (Phi) is 4.91. The number of fused-ring (bicyclic) bond motifs is 2. The van der Waals surface area contributed by atoms with Gasteiger partial charge in [-0.25, -0.2) is 9.67 Å². The Hall–Kier alpha value is -2.71. The molecule has 0 saturated heterocycles. The van der Waals surface area contributed by atoms with Crippen LogP contribution in [0.4, 0.5) is 11.6 Å². The average molecular weight is 368 g/mol. The second kappa shape index (κ2) is 7.50. The number of benzene rings is 1. The van der Waals surface area contributed by atoms with Crippen molar-refractivity contribution in [3.63, 3.8) is 0 Å². The van der Waals surface area contributed by atoms with Crippen molar-refractivity contribution >= 4 is 22.7 Å². The van der Waals surface area contributed by atoms with Crippen molar-refractivity contribution in [3.05, 3.63) is 35.7 Å². The minimum absolute atomic E-state index is 0.123. The minimum atomic E-state index is 0.123. The SMILES string of the molecule is COc1cc2c(cc1Nc1ncc3cnn(CCCO)c3n1)CN(C)CC2. The van der Waals surface area contributed by atoms with Gasteiger partial charge in [-0.15, -0.1) is 0 Å². The molecule has 0 spiro atoms. The van der Waals surface area contributed by atoms with E-state index in [0.717, 1.165) is 42.0 Å². The quantitative estimate of drug-likeness (QED) is 0.687. The topological polar surface area (TPSA) is 88.3 Å². The Morgan fingerprint density at radius 3 is 2.96 bits per heavy atom. The smallest absolute Gasteiger partial charge is 0.229 e. The molecule has 1 aromatic carbocycles. The number of aryl methyl sites for hydroxylation is 1. The number of hydrogen-bond donors (Lipinski definition) is 2. The van der Waals surface area contributed by atoms with Crippen molar-refractivity contribution in [1.29, 1.82) is 0 Å². The predicted octanol–water partition coefficient (Wildman–Crippen LogP) is 1.95. The first kappa shape index (κ1) is 17.7. The van der Waals surface area contributed by atoms with E-state index in [-0.39, 0.29) is 6.61 Å². The van der Waals surface area contributed by atoms with Gasteiger partial charge >= 0.3 is 0 Å². The summed E-state index contributed by atoms with van der Waals surface area (Å²) in [4.78, 5) is 11.3. The molecule has 1 aliphatic heterocycles. The Labute approximate surface area is 157 Å². The molecule has 0 aliphatic carbocycles. The summed E-state index contributed by atoms with van der Waals surface area (Å²) in [6.45, 7) is 2.71. The number of anilines is 2. The molecule has 3 aromatic rings. The Balaban J connectivity index is 1.66. The van der Waals surface area contributed by atoms with Crippen LogP contribution in [-0.2, 0) is 19.5 Å². The summed E-state index contributed by atoms with van der Waals surface area (Å²) in [7, 11) is 3.81. The summed E-state index contributed by atoms with van der Waals surface area (Å²) in [5.74, 6) is 1.28. The number of ether oxygens (including phenoxy) is 1. The maximum absolute atomic E-state index is 9.06. The van der Waals surface area contributed by atoms with Crippen LogP contribution in [0.3, 0.4) is 0 Å². The molecule has 2 N–H and O–H groups in total. The number of rotatable bonds is 6. The van der Waals surface area contributed by atoms with Gasteiger partial charge in [-0.1, -0.05) is 0 Å². The van der Waals surface area contributed by atoms with Crippen LogP contribution in [0, 0.1) is 0 Å². The lowest BCUT2D eigenvalue weighted by molar-refractivity contribution is 0.278. The first-order chi connectivity index (χ1) is 13.2. The van der Waals surface area contributed by atoms with Crippen molar-refractivity contribution in [2.75, 3.05) is 32.6 Å². The van der Waals surface area contributed by atoms with E-state index in [1.165, 1.54) is 11.1 Å². The molecule has 4 rings (SSSR count). The first-order valence-corrected chi connectivity index (χ1v) is 9.12. The molecule has 0 radical (unpaired) electrons. The fourth-order valence-electron chi connectivity index (χ4n) is 3.43. The van der Waals surface area contributed by atoms with Gasteiger partial charge in [0, 0.05) is 32.4 Å². The van der Waals surface area contributed by atoms with E-state index < -0.39 is 0 Å². The van der Waals surface area contributed by atoms with E-state index in [0.29, 0.717) is 18.9 Å². The number of methoxy groups -OCH3 is 1. The Bertz CT molecular complexity index is 955. The standard InChI is InChI=1S/C19H24N6O2/c1-24-6-4-13-9-17(27-2)16(8-14(13)12-24)22-19-20-10-15-11-21-25(5-3-7-26)18(15)23-19/h8-11,26H,3-7,12H2,1-2H3,(H,20,22,23). The number of likely N-dealkylation sites (N-methyl/N-ethyl adjacent to an activating group) is 1. The van der Waals surface area contributed by atoms with Gasteiger partial charge in [0.1, 0.15) is 5.75 Å². The molecule has 8 nitrogen and oxygen atoms in total. The van der Waals surface area contributed by atoms with Gasteiger partial charge in [0.2, 0.25) is 5.95 Å². The number of hydrogen-bond acceptors (Lipinski definition) is 7. The zero-order chi connectivity index (χ0) is 18.8. The summed E-state index contributed by atoms with van der Waals surface area (Å²) in [5.41, 5.74) is 4.22. The molecule has 3 heterocycles. The van der Waals surface area contributed by atoms with Crippen LogP contribution >= 0.6 is 0 Å². The molecule has 0 unspecified atom stereocenters. The van der Waals surface area contributed by atoms with Crippen LogP contribution < -0.4 is 10.1 Å². The van der Waals surface area contributed by atoms with Crippen LogP contribution in [0.5, 0.6) is 5.75 Å². The third-order valence-corrected chi connectivity index (χ3v) is 4.88. The predicted molar refractivity (Wildman–Crippen MR) is 103 cm³/mol. The summed E-state index contributed by atoms with van der Waals surface area (Å²) < 4.78 is 7.37. The number of aromatic nitrogens is 4. The minimum Gasteiger partial charge on any atom is -0.495 e. The Morgan fingerprint density at radius 2 is 2.15 bits per heavy atom. The molecule has 0 saturated carbocycles. The zero-order valence-corrected chi connectivity index (χ0v) is 15.6. The molecule has 8 heteroatoms. The maximum atomic E-state index is 9.06. The number of aliphatic hydroxyl groups is 1. The molecule has 142 valence electrons. The van der Waals surface area contributed by atoms with Gasteiger partial charge in [0.05, 0.1) is 24.4 Å². The molecule has 0 bridgehead atoms. The molecule has 2 aromatic heterocycles. The van der Waals surface area contributed by atoms with Crippen LogP contribution in [0.25, 0.3) is 11.0 Å². The number of aliphatic hydroxyl groups excluding tert-OH is 1. The largest absolute Gasteiger partial charge is 0.495 e. The molecule has 1 aliphatic rings. The van der Waals surface area contributed by atoms with E-state index in [2.05, 4.69) is 44.5 Å². The van der Waals surface area contributed by atoms with Gasteiger partial charge in [-0.2, -0.15) is 10.1 Å². The molecule has 0 atom stereocenters. The zero-order valence-electron chi connectivity index (χ0n) is 15.6. The van der Waals surface area contributed by atoms with E-state index in [1.807, 2.05) is 0 Å². The highest BCUT2D eigenvalue weighted by Gasteiger charge is 2.17. The van der Waals surface area contributed by atoms with Gasteiger partial charge in [0.15, 0.2) is 5.65 Å². The normalized spacial score (nSPS) is 14.3. The van der Waals surface area contributed by atoms with Crippen molar-refractivity contribution in [1.82, 2.24) is 24.6 Å². The first-order valence-electron chi connectivity index (χ1n) is 9.12. The van der Waals surface area contributed by atoms with E-state index in [1.54, 1.807) is 24.2 Å². The molecular weight excluding hydrogens is 344 g/mol. The van der Waals surface area contributed by atoms with Gasteiger partial charge < -0.3 is 20.1 Å². The van der Waals surface area contributed by atoms with Crippen molar-refractivity contribution in [2.24, 2.45) is 0 Å². The second-order valence-corrected chi connectivity index (χ2v) is 6.85. The van der Waals surface area contributed by atoms with E-state index in [4.69, 9.17) is 9.84 Å². The lowest BCUT2D eigenvalue weighted by Crippen LogP contribution is -2.26. The van der Waals surface area contributed by atoms with E-state index >= 15 is 0 Å². The molecule has 27 heavy (non-hydrogen) atoms. The number of nitrogens with zero attached hydrogens (tertiary/aromatic N) is 5. The van der Waals surface area contributed by atoms with Gasteiger partial charge in [-0.05, 0) is 43.1 Å². The third kappa shape index (κ3) is 3.58. The van der Waals surface area contributed by atoms with Gasteiger partial charge in [-0.3, -0.25) is 0 Å². The number of nitrogens with one attached hydrogen (secondary N) is 1. The monoisotopic (exact) mass is 368 g/mol.